The van der Waals surface area contributed by atoms with Crippen LogP contribution >= 0.6 is 0 Å². The average molecular weight is 282 g/mol. The molecule has 106 valence electrons. The summed E-state index contributed by atoms with van der Waals surface area (Å²) in [5, 5.41) is 12.4. The van der Waals surface area contributed by atoms with Crippen molar-refractivity contribution in [1.82, 2.24) is 29.8 Å². The van der Waals surface area contributed by atoms with Gasteiger partial charge in [0.15, 0.2) is 17.1 Å². The monoisotopic (exact) mass is 282 g/mol. The number of fused-ring (bicyclic) bond motifs is 3. The van der Waals surface area contributed by atoms with E-state index in [9.17, 15) is 0 Å². The molecule has 0 aliphatic heterocycles. The van der Waals surface area contributed by atoms with Crippen molar-refractivity contribution < 1.29 is 4.42 Å². The minimum absolute atomic E-state index is 0.563. The van der Waals surface area contributed by atoms with Gasteiger partial charge in [-0.15, -0.1) is 5.10 Å². The number of aryl methyl sites for hydroxylation is 1. The molecule has 7 heteroatoms. The van der Waals surface area contributed by atoms with Gasteiger partial charge >= 0.3 is 0 Å². The molecule has 1 N–H and O–H groups in total. The van der Waals surface area contributed by atoms with Gasteiger partial charge in [0.2, 0.25) is 5.82 Å². The molecule has 0 atom stereocenters. The number of rotatable bonds is 4. The molecule has 0 radical (unpaired) electrons. The maximum atomic E-state index is 5.38. The molecule has 0 unspecified atom stereocenters. The number of H-pyrrole nitrogens is 1. The van der Waals surface area contributed by atoms with Gasteiger partial charge in [0.05, 0.1) is 17.8 Å². The molecular formula is C14H14N6O. The third-order valence-corrected chi connectivity index (χ3v) is 3.45. The molecule has 0 fully saturated rings. The third kappa shape index (κ3) is 1.89. The normalized spacial score (nSPS) is 11.7. The van der Waals surface area contributed by atoms with Crippen molar-refractivity contribution in [3.63, 3.8) is 0 Å². The number of nitrogens with one attached hydrogen (secondary N) is 1. The van der Waals surface area contributed by atoms with Crippen molar-refractivity contribution in [3.05, 3.63) is 30.4 Å². The second-order valence-corrected chi connectivity index (χ2v) is 4.91. The van der Waals surface area contributed by atoms with Crippen LogP contribution in [-0.2, 0) is 6.42 Å². The van der Waals surface area contributed by atoms with E-state index >= 15 is 0 Å². The van der Waals surface area contributed by atoms with Gasteiger partial charge in [-0.05, 0) is 18.6 Å². The molecule has 4 rings (SSSR count). The molecule has 0 saturated carbocycles. The minimum Gasteiger partial charge on any atom is -0.461 e. The van der Waals surface area contributed by atoms with E-state index in [1.807, 2.05) is 12.1 Å². The fourth-order valence-corrected chi connectivity index (χ4v) is 2.38. The number of aromatic nitrogens is 6. The summed E-state index contributed by atoms with van der Waals surface area (Å²) in [6.45, 7) is 2.15. The summed E-state index contributed by atoms with van der Waals surface area (Å²) in [5.74, 6) is 2.10. The topological polar surface area (TPSA) is 84.9 Å². The van der Waals surface area contributed by atoms with Crippen LogP contribution in [0.5, 0.6) is 0 Å². The SMILES string of the molecule is CCCCc1nc2[nH]ncc2c2nc(-c3ccco3)nn12. The number of hydrogen-bond acceptors (Lipinski definition) is 5. The molecule has 0 saturated heterocycles. The summed E-state index contributed by atoms with van der Waals surface area (Å²) in [6.07, 6.45) is 6.34. The second-order valence-electron chi connectivity index (χ2n) is 4.91. The zero-order valence-corrected chi connectivity index (χ0v) is 11.6. The van der Waals surface area contributed by atoms with Crippen LogP contribution in [0.15, 0.2) is 29.0 Å². The van der Waals surface area contributed by atoms with E-state index in [2.05, 4.69) is 32.2 Å². The highest BCUT2D eigenvalue weighted by Crippen LogP contribution is 2.22. The summed E-state index contributed by atoms with van der Waals surface area (Å²) >= 11 is 0. The molecular weight excluding hydrogens is 268 g/mol. The Kier molecular flexibility index (Phi) is 2.70. The predicted octanol–water partition coefficient (Wildman–Crippen LogP) is 2.60. The highest BCUT2D eigenvalue weighted by molar-refractivity contribution is 5.88. The van der Waals surface area contributed by atoms with E-state index in [1.54, 1.807) is 17.0 Å². The Hall–Kier alpha value is -2.70. The lowest BCUT2D eigenvalue weighted by atomic mass is 10.2. The lowest BCUT2D eigenvalue weighted by Gasteiger charge is -2.02. The average Bonchev–Trinajstić information content (AvgIpc) is 3.20. The van der Waals surface area contributed by atoms with Crippen molar-refractivity contribution >= 4 is 16.7 Å². The van der Waals surface area contributed by atoms with Crippen molar-refractivity contribution in [2.24, 2.45) is 0 Å². The van der Waals surface area contributed by atoms with Crippen LogP contribution in [0, 0.1) is 0 Å². The van der Waals surface area contributed by atoms with Gasteiger partial charge in [-0.2, -0.15) is 9.61 Å². The van der Waals surface area contributed by atoms with Gasteiger partial charge < -0.3 is 4.42 Å². The Morgan fingerprint density at radius 2 is 2.29 bits per heavy atom. The predicted molar refractivity (Wildman–Crippen MR) is 76.7 cm³/mol. The fourth-order valence-electron chi connectivity index (χ4n) is 2.38. The van der Waals surface area contributed by atoms with Crippen molar-refractivity contribution in [3.8, 4) is 11.6 Å². The van der Waals surface area contributed by atoms with Gasteiger partial charge in [-0.25, -0.2) is 9.97 Å². The second kappa shape index (κ2) is 4.69. The maximum absolute atomic E-state index is 5.38. The zero-order valence-electron chi connectivity index (χ0n) is 11.6. The van der Waals surface area contributed by atoms with Crippen molar-refractivity contribution in [1.29, 1.82) is 0 Å². The Labute approximate surface area is 120 Å². The number of hydrogen-bond donors (Lipinski definition) is 1. The number of furan rings is 1. The van der Waals surface area contributed by atoms with E-state index in [-0.39, 0.29) is 0 Å². The first-order valence-electron chi connectivity index (χ1n) is 6.99. The molecule has 7 nitrogen and oxygen atoms in total. The van der Waals surface area contributed by atoms with Gasteiger partial charge in [-0.3, -0.25) is 5.10 Å². The third-order valence-electron chi connectivity index (χ3n) is 3.45. The standard InChI is InChI=1S/C14H14N6O/c1-2-3-6-11-16-12-9(8-15-18-12)14-17-13(19-20(11)14)10-5-4-7-21-10/h4-5,7-8H,2-3,6H2,1H3,(H,15,18). The Morgan fingerprint density at radius 1 is 1.33 bits per heavy atom. The Morgan fingerprint density at radius 3 is 3.10 bits per heavy atom. The maximum Gasteiger partial charge on any atom is 0.217 e. The van der Waals surface area contributed by atoms with E-state index in [4.69, 9.17) is 4.42 Å². The summed E-state index contributed by atoms with van der Waals surface area (Å²) in [6, 6.07) is 3.67. The van der Waals surface area contributed by atoms with Crippen LogP contribution in [0.2, 0.25) is 0 Å². The minimum atomic E-state index is 0.563. The van der Waals surface area contributed by atoms with Crippen LogP contribution in [0.25, 0.3) is 28.3 Å². The summed E-state index contributed by atoms with van der Waals surface area (Å²) in [5.41, 5.74) is 1.50. The van der Waals surface area contributed by atoms with Crippen molar-refractivity contribution in [2.45, 2.75) is 26.2 Å². The molecule has 0 amide bonds. The lowest BCUT2D eigenvalue weighted by molar-refractivity contribution is 0.576. The van der Waals surface area contributed by atoms with Crippen molar-refractivity contribution in [2.75, 3.05) is 0 Å². The number of unbranched alkanes of at least 4 members (excludes halogenated alkanes) is 1. The van der Waals surface area contributed by atoms with Crippen LogP contribution in [0.3, 0.4) is 0 Å². The van der Waals surface area contributed by atoms with Gasteiger partial charge in [0.1, 0.15) is 5.82 Å². The van der Waals surface area contributed by atoms with Crippen LogP contribution in [0.4, 0.5) is 0 Å². The van der Waals surface area contributed by atoms with Gasteiger partial charge in [0, 0.05) is 6.42 Å². The van der Waals surface area contributed by atoms with E-state index < -0.39 is 0 Å². The fraction of sp³-hybridized carbons (Fsp3) is 0.286. The first-order chi connectivity index (χ1) is 10.4. The van der Waals surface area contributed by atoms with Gasteiger partial charge in [-0.1, -0.05) is 13.3 Å². The summed E-state index contributed by atoms with van der Waals surface area (Å²) in [7, 11) is 0. The summed E-state index contributed by atoms with van der Waals surface area (Å²) < 4.78 is 7.18. The zero-order chi connectivity index (χ0) is 14.2. The van der Waals surface area contributed by atoms with Gasteiger partial charge in [0.25, 0.3) is 0 Å². The quantitative estimate of drug-likeness (QED) is 0.622. The molecule has 21 heavy (non-hydrogen) atoms. The molecule has 0 aliphatic rings. The van der Waals surface area contributed by atoms with E-state index in [1.165, 1.54) is 0 Å². The highest BCUT2D eigenvalue weighted by Gasteiger charge is 2.16. The van der Waals surface area contributed by atoms with E-state index in [0.717, 1.165) is 41.8 Å². The number of nitrogens with zero attached hydrogens (tertiary/aromatic N) is 5. The largest absolute Gasteiger partial charge is 0.461 e. The van der Waals surface area contributed by atoms with Crippen LogP contribution in [-0.4, -0.2) is 29.8 Å². The van der Waals surface area contributed by atoms with Crippen LogP contribution < -0.4 is 0 Å². The first kappa shape index (κ1) is 12.1. The van der Waals surface area contributed by atoms with E-state index in [0.29, 0.717) is 11.6 Å². The Bertz CT molecular complexity index is 889. The molecule has 0 bridgehead atoms. The summed E-state index contributed by atoms with van der Waals surface area (Å²) in [4.78, 5) is 9.19. The molecule has 4 aromatic heterocycles. The molecule has 0 spiro atoms. The first-order valence-corrected chi connectivity index (χ1v) is 6.99. The Balaban J connectivity index is 1.97. The highest BCUT2D eigenvalue weighted by atomic mass is 16.3. The van der Waals surface area contributed by atoms with Crippen LogP contribution in [0.1, 0.15) is 25.6 Å². The molecule has 4 heterocycles. The molecule has 0 aliphatic carbocycles. The smallest absolute Gasteiger partial charge is 0.217 e. The molecule has 0 aromatic carbocycles. The lowest BCUT2D eigenvalue weighted by Crippen LogP contribution is -2.03. The molecule has 4 aromatic rings. The number of aromatic amines is 1.